The molecule has 1 aromatic heterocycles. The minimum absolute atomic E-state index is 0.0242. The Labute approximate surface area is 134 Å². The second-order valence-electron chi connectivity index (χ2n) is 5.21. The van der Waals surface area contributed by atoms with Gasteiger partial charge < -0.3 is 19.6 Å². The van der Waals surface area contributed by atoms with Crippen molar-refractivity contribution in [2.75, 3.05) is 13.7 Å². The van der Waals surface area contributed by atoms with Crippen LogP contribution in [-0.2, 0) is 11.2 Å². The van der Waals surface area contributed by atoms with Crippen molar-refractivity contribution in [3.05, 3.63) is 53.5 Å². The van der Waals surface area contributed by atoms with Gasteiger partial charge in [-0.25, -0.2) is 0 Å². The number of carboxylic acid groups (broad SMARTS) is 1. The molecule has 0 radical (unpaired) electrons. The number of carbonyl (C=O) groups is 2. The highest BCUT2D eigenvalue weighted by Crippen LogP contribution is 2.21. The maximum atomic E-state index is 12.0. The van der Waals surface area contributed by atoms with Crippen LogP contribution >= 0.6 is 0 Å². The highest BCUT2D eigenvalue weighted by Gasteiger charge is 2.21. The third-order valence-corrected chi connectivity index (χ3v) is 3.51. The molecule has 2 N–H and O–H groups in total. The van der Waals surface area contributed by atoms with Crippen molar-refractivity contribution >= 4 is 11.9 Å². The van der Waals surface area contributed by atoms with Crippen molar-refractivity contribution in [1.29, 1.82) is 0 Å². The highest BCUT2D eigenvalue weighted by atomic mass is 16.5. The molecule has 2 aromatic rings. The molecule has 6 nitrogen and oxygen atoms in total. The number of rotatable bonds is 7. The second kappa shape index (κ2) is 7.49. The van der Waals surface area contributed by atoms with E-state index < -0.39 is 11.9 Å². The van der Waals surface area contributed by atoms with Gasteiger partial charge in [0.15, 0.2) is 0 Å². The maximum absolute atomic E-state index is 12.0. The quantitative estimate of drug-likeness (QED) is 0.818. The van der Waals surface area contributed by atoms with Crippen molar-refractivity contribution in [3.63, 3.8) is 0 Å². The zero-order valence-electron chi connectivity index (χ0n) is 13.0. The lowest BCUT2D eigenvalue weighted by atomic mass is 9.98. The van der Waals surface area contributed by atoms with E-state index in [-0.39, 0.29) is 18.9 Å². The molecule has 1 heterocycles. The molecule has 1 aromatic carbocycles. The Morgan fingerprint density at radius 2 is 2.09 bits per heavy atom. The lowest BCUT2D eigenvalue weighted by molar-refractivity contribution is -0.141. The number of para-hydroxylation sites is 1. The Hall–Kier alpha value is -2.76. The van der Waals surface area contributed by atoms with Crippen LogP contribution in [0.4, 0.5) is 0 Å². The van der Waals surface area contributed by atoms with Crippen LogP contribution in [0.3, 0.4) is 0 Å². The van der Waals surface area contributed by atoms with E-state index in [4.69, 9.17) is 9.15 Å². The van der Waals surface area contributed by atoms with Gasteiger partial charge in [-0.1, -0.05) is 18.2 Å². The molecule has 1 amide bonds. The van der Waals surface area contributed by atoms with E-state index in [1.807, 2.05) is 18.2 Å². The van der Waals surface area contributed by atoms with E-state index in [0.717, 1.165) is 5.56 Å². The fraction of sp³-hybridized carbons (Fsp3) is 0.294. The molecule has 1 atom stereocenters. The molecule has 0 aliphatic rings. The zero-order valence-corrected chi connectivity index (χ0v) is 13.0. The first-order chi connectivity index (χ1) is 11.0. The molecule has 0 saturated heterocycles. The summed E-state index contributed by atoms with van der Waals surface area (Å²) in [7, 11) is 1.54. The summed E-state index contributed by atoms with van der Waals surface area (Å²) in [5.41, 5.74) is 1.17. The van der Waals surface area contributed by atoms with Crippen LogP contribution in [0.5, 0.6) is 5.75 Å². The summed E-state index contributed by atoms with van der Waals surface area (Å²) in [6, 6.07) is 8.84. The number of carboxylic acids is 1. The van der Waals surface area contributed by atoms with Crippen molar-refractivity contribution in [3.8, 4) is 5.75 Å². The Bertz CT molecular complexity index is 692. The number of furan rings is 1. The molecule has 2 rings (SSSR count). The number of amides is 1. The lowest BCUT2D eigenvalue weighted by Gasteiger charge is -2.15. The molecule has 0 spiro atoms. The van der Waals surface area contributed by atoms with Gasteiger partial charge in [-0.2, -0.15) is 0 Å². The molecule has 0 fully saturated rings. The summed E-state index contributed by atoms with van der Waals surface area (Å²) in [6.45, 7) is 1.76. The molecular formula is C17H19NO5. The molecule has 0 saturated carbocycles. The fourth-order valence-corrected chi connectivity index (χ4v) is 2.26. The smallest absolute Gasteiger partial charge is 0.308 e. The Balaban J connectivity index is 2.02. The normalized spacial score (nSPS) is 11.7. The van der Waals surface area contributed by atoms with Crippen LogP contribution in [0.2, 0.25) is 0 Å². The van der Waals surface area contributed by atoms with Gasteiger partial charge in [-0.3, -0.25) is 9.59 Å². The van der Waals surface area contributed by atoms with Crippen molar-refractivity contribution in [2.45, 2.75) is 13.3 Å². The van der Waals surface area contributed by atoms with E-state index in [1.54, 1.807) is 19.1 Å². The SMILES string of the molecule is COc1ccccc1CC(CNC(=O)c1coc(C)c1)C(=O)O. The second-order valence-corrected chi connectivity index (χ2v) is 5.21. The Kier molecular flexibility index (Phi) is 5.41. The average Bonchev–Trinajstić information content (AvgIpc) is 2.97. The van der Waals surface area contributed by atoms with Crippen molar-refractivity contribution in [1.82, 2.24) is 5.32 Å². The molecule has 23 heavy (non-hydrogen) atoms. The molecule has 122 valence electrons. The minimum atomic E-state index is -0.973. The van der Waals surface area contributed by atoms with Gasteiger partial charge in [0.1, 0.15) is 17.8 Å². The predicted octanol–water partition coefficient (Wildman–Crippen LogP) is 2.27. The zero-order chi connectivity index (χ0) is 16.8. The number of hydrogen-bond donors (Lipinski definition) is 2. The summed E-state index contributed by atoms with van der Waals surface area (Å²) >= 11 is 0. The summed E-state index contributed by atoms with van der Waals surface area (Å²) in [6.07, 6.45) is 1.62. The number of methoxy groups -OCH3 is 1. The van der Waals surface area contributed by atoms with E-state index >= 15 is 0 Å². The van der Waals surface area contributed by atoms with Crippen LogP contribution in [0.15, 0.2) is 41.0 Å². The predicted molar refractivity (Wildman–Crippen MR) is 83.6 cm³/mol. The third-order valence-electron chi connectivity index (χ3n) is 3.51. The Morgan fingerprint density at radius 1 is 1.35 bits per heavy atom. The van der Waals surface area contributed by atoms with Gasteiger partial charge >= 0.3 is 5.97 Å². The van der Waals surface area contributed by atoms with E-state index in [9.17, 15) is 14.7 Å². The van der Waals surface area contributed by atoms with Crippen LogP contribution in [0.25, 0.3) is 0 Å². The fourth-order valence-electron chi connectivity index (χ4n) is 2.26. The first kappa shape index (κ1) is 16.6. The van der Waals surface area contributed by atoms with Crippen LogP contribution in [0, 0.1) is 12.8 Å². The van der Waals surface area contributed by atoms with Crippen LogP contribution in [0.1, 0.15) is 21.7 Å². The first-order valence-corrected chi connectivity index (χ1v) is 7.19. The summed E-state index contributed by atoms with van der Waals surface area (Å²) in [5, 5.41) is 12.0. The number of benzene rings is 1. The van der Waals surface area contributed by atoms with E-state index in [2.05, 4.69) is 5.32 Å². The maximum Gasteiger partial charge on any atom is 0.308 e. The summed E-state index contributed by atoms with van der Waals surface area (Å²) < 4.78 is 10.3. The number of hydrogen-bond acceptors (Lipinski definition) is 4. The molecule has 0 bridgehead atoms. The monoisotopic (exact) mass is 317 g/mol. The minimum Gasteiger partial charge on any atom is -0.496 e. The largest absolute Gasteiger partial charge is 0.496 e. The van der Waals surface area contributed by atoms with Gasteiger partial charge in [0.05, 0.1) is 18.6 Å². The van der Waals surface area contributed by atoms with Crippen LogP contribution < -0.4 is 10.1 Å². The van der Waals surface area contributed by atoms with Gasteiger partial charge in [-0.15, -0.1) is 0 Å². The van der Waals surface area contributed by atoms with Crippen molar-refractivity contribution in [2.24, 2.45) is 5.92 Å². The lowest BCUT2D eigenvalue weighted by Crippen LogP contribution is -2.34. The van der Waals surface area contributed by atoms with E-state index in [0.29, 0.717) is 17.1 Å². The summed E-state index contributed by atoms with van der Waals surface area (Å²) in [5.74, 6) is -0.814. The van der Waals surface area contributed by atoms with Crippen molar-refractivity contribution < 1.29 is 23.8 Å². The average molecular weight is 317 g/mol. The Morgan fingerprint density at radius 3 is 2.70 bits per heavy atom. The topological polar surface area (TPSA) is 88.8 Å². The van der Waals surface area contributed by atoms with E-state index in [1.165, 1.54) is 13.4 Å². The molecule has 1 unspecified atom stereocenters. The summed E-state index contributed by atoms with van der Waals surface area (Å²) in [4.78, 5) is 23.4. The number of ether oxygens (including phenoxy) is 1. The first-order valence-electron chi connectivity index (χ1n) is 7.19. The van der Waals surface area contributed by atoms with Gasteiger partial charge in [0, 0.05) is 6.54 Å². The number of nitrogens with one attached hydrogen (secondary N) is 1. The molecule has 0 aliphatic carbocycles. The van der Waals surface area contributed by atoms with Gasteiger partial charge in [0.2, 0.25) is 0 Å². The van der Waals surface area contributed by atoms with Gasteiger partial charge in [0.25, 0.3) is 5.91 Å². The standard InChI is InChI=1S/C17H19NO5/c1-11-7-14(10-23-11)16(19)18-9-13(17(20)21)8-12-5-3-4-6-15(12)22-2/h3-7,10,13H,8-9H2,1-2H3,(H,18,19)(H,20,21). The number of carbonyl (C=O) groups excluding carboxylic acids is 1. The molecule has 6 heteroatoms. The third kappa shape index (κ3) is 4.35. The number of aryl methyl sites for hydroxylation is 1. The highest BCUT2D eigenvalue weighted by molar-refractivity contribution is 5.94. The van der Waals surface area contributed by atoms with Crippen LogP contribution in [-0.4, -0.2) is 30.6 Å². The molecule has 0 aliphatic heterocycles. The van der Waals surface area contributed by atoms with Gasteiger partial charge in [-0.05, 0) is 31.0 Å². The molecular weight excluding hydrogens is 298 g/mol. The number of aliphatic carboxylic acids is 1.